The largest absolute Gasteiger partial charge is 0.465 e. The van der Waals surface area contributed by atoms with Crippen LogP contribution in [0, 0.1) is 0 Å². The van der Waals surface area contributed by atoms with E-state index in [-0.39, 0.29) is 11.9 Å². The molecule has 0 fully saturated rings. The first-order valence-electron chi connectivity index (χ1n) is 7.76. The topological polar surface area (TPSA) is 63.7 Å². The fourth-order valence-electron chi connectivity index (χ4n) is 2.38. The molecule has 25 heavy (non-hydrogen) atoms. The maximum Gasteiger partial charge on any atom is 0.337 e. The Morgan fingerprint density at radius 3 is 2.32 bits per heavy atom. The van der Waals surface area contributed by atoms with Crippen molar-refractivity contribution in [1.82, 2.24) is 4.31 Å². The van der Waals surface area contributed by atoms with E-state index in [0.29, 0.717) is 18.5 Å². The summed E-state index contributed by atoms with van der Waals surface area (Å²) in [6, 6.07) is 16.2. The molecule has 0 aliphatic carbocycles. The monoisotopic (exact) mass is 381 g/mol. The van der Waals surface area contributed by atoms with Gasteiger partial charge in [-0.1, -0.05) is 42.5 Å². The number of hydrogen-bond acceptors (Lipinski definition) is 4. The van der Waals surface area contributed by atoms with Gasteiger partial charge in [-0.05, 0) is 29.7 Å². The molecule has 0 amide bonds. The number of carbonyl (C=O) groups is 1. The molecule has 0 aliphatic heterocycles. The predicted octanol–water partition coefficient (Wildman–Crippen LogP) is 3.17. The van der Waals surface area contributed by atoms with Gasteiger partial charge < -0.3 is 4.74 Å². The highest BCUT2D eigenvalue weighted by Gasteiger charge is 2.14. The van der Waals surface area contributed by atoms with E-state index in [1.165, 1.54) is 11.4 Å². The van der Waals surface area contributed by atoms with E-state index in [4.69, 9.17) is 11.6 Å². The van der Waals surface area contributed by atoms with Gasteiger partial charge in [0.2, 0.25) is 10.9 Å². The van der Waals surface area contributed by atoms with Gasteiger partial charge in [-0.2, -0.15) is 4.31 Å². The van der Waals surface area contributed by atoms with Crippen LogP contribution in [0.4, 0.5) is 0 Å². The minimum absolute atomic E-state index is 0.235. The van der Waals surface area contributed by atoms with Crippen molar-refractivity contribution in [1.29, 1.82) is 0 Å². The highest BCUT2D eigenvalue weighted by molar-refractivity contribution is 7.69. The number of halogens is 1. The second-order valence-electron chi connectivity index (χ2n) is 5.48. The number of hydrogen-bond donors (Lipinski definition) is 1. The average molecular weight is 382 g/mol. The summed E-state index contributed by atoms with van der Waals surface area (Å²) >= 11 is 6.35. The van der Waals surface area contributed by atoms with Crippen LogP contribution in [0.5, 0.6) is 0 Å². The fourth-order valence-corrected chi connectivity index (χ4v) is 3.18. The van der Waals surface area contributed by atoms with Crippen molar-refractivity contribution < 1.29 is 17.9 Å². The van der Waals surface area contributed by atoms with Gasteiger partial charge in [-0.3, -0.25) is 0 Å². The highest BCUT2D eigenvalue weighted by Crippen LogP contribution is 2.24. The summed E-state index contributed by atoms with van der Waals surface area (Å²) in [7, 11) is -1.41. The lowest BCUT2D eigenvalue weighted by molar-refractivity contribution is 0.0600. The Labute approximate surface area is 154 Å². The molecule has 0 heterocycles. The fraction of sp³-hybridized carbons (Fsp3) is 0.278. The number of methoxy groups -OCH3 is 1. The van der Waals surface area contributed by atoms with Crippen LogP contribution in [0.15, 0.2) is 54.6 Å². The molecule has 2 aromatic rings. The summed E-state index contributed by atoms with van der Waals surface area (Å²) in [4.78, 5) is 11.4. The molecule has 0 saturated heterocycles. The molecule has 0 aliphatic rings. The van der Waals surface area contributed by atoms with E-state index in [1.54, 1.807) is 24.3 Å². The molecule has 0 spiro atoms. The first-order chi connectivity index (χ1) is 12.0. The van der Waals surface area contributed by atoms with Crippen LogP contribution in [0.3, 0.4) is 0 Å². The molecule has 0 N–H and O–H groups in total. The van der Waals surface area contributed by atoms with E-state index in [2.05, 4.69) is 4.74 Å². The summed E-state index contributed by atoms with van der Waals surface area (Å²) in [5, 5.41) is -0.250. The number of nitrogens with zero attached hydrogens (tertiary/aromatic N) is 1. The lowest BCUT2D eigenvalue weighted by atomic mass is 10.1. The van der Waals surface area contributed by atoms with E-state index in [9.17, 15) is 13.2 Å². The van der Waals surface area contributed by atoms with Crippen LogP contribution < -0.4 is 0 Å². The second kappa shape index (κ2) is 9.56. The van der Waals surface area contributed by atoms with Crippen molar-refractivity contribution >= 4 is 28.5 Å². The molecule has 7 heteroatoms. The van der Waals surface area contributed by atoms with Gasteiger partial charge in [0, 0.05) is 13.1 Å². The minimum Gasteiger partial charge on any atom is -0.465 e. The zero-order chi connectivity index (χ0) is 18.2. The molecule has 1 unspecified atom stereocenters. The molecule has 0 bridgehead atoms. The minimum atomic E-state index is -2.73. The van der Waals surface area contributed by atoms with E-state index < -0.39 is 16.9 Å². The van der Waals surface area contributed by atoms with Crippen molar-refractivity contribution in [3.05, 3.63) is 71.3 Å². The molecule has 2 aromatic carbocycles. The van der Waals surface area contributed by atoms with Gasteiger partial charge >= 0.3 is 5.97 Å². The van der Waals surface area contributed by atoms with Gasteiger partial charge in [-0.15, -0.1) is 11.6 Å². The van der Waals surface area contributed by atoms with Crippen molar-refractivity contribution in [2.24, 2.45) is 0 Å². The number of alkyl halides is 1. The van der Waals surface area contributed by atoms with Crippen molar-refractivity contribution in [3.63, 3.8) is 0 Å². The third-order valence-electron chi connectivity index (χ3n) is 3.77. The number of ether oxygens (including phenoxy) is 1. The summed E-state index contributed by atoms with van der Waals surface area (Å²) < 4.78 is 29.0. The molecule has 2 rings (SSSR count). The van der Waals surface area contributed by atoms with Crippen LogP contribution in [-0.2, 0) is 22.2 Å². The molecule has 5 nitrogen and oxygen atoms in total. The smallest absolute Gasteiger partial charge is 0.337 e. The van der Waals surface area contributed by atoms with Gasteiger partial charge in [0.1, 0.15) is 0 Å². The van der Waals surface area contributed by atoms with Crippen LogP contribution in [0.1, 0.15) is 33.3 Å². The summed E-state index contributed by atoms with van der Waals surface area (Å²) in [6.07, 6.45) is 0.509. The van der Waals surface area contributed by atoms with Crippen molar-refractivity contribution in [2.45, 2.75) is 18.3 Å². The lowest BCUT2D eigenvalue weighted by Gasteiger charge is -2.17. The van der Waals surface area contributed by atoms with Crippen LogP contribution >= 0.6 is 11.6 Å². The Morgan fingerprint density at radius 2 is 1.76 bits per heavy atom. The Bertz CT molecular complexity index is 754. The van der Waals surface area contributed by atoms with E-state index in [0.717, 1.165) is 11.1 Å². The predicted molar refractivity (Wildman–Crippen MR) is 98.2 cm³/mol. The van der Waals surface area contributed by atoms with Crippen LogP contribution in [0.25, 0.3) is 0 Å². The Balaban J connectivity index is 1.98. The SMILES string of the molecule is COC(=O)c1ccc(CN(CCC(Cl)c2ccccc2)[SH](=O)=O)cc1. The molecule has 0 radical (unpaired) electrons. The Morgan fingerprint density at radius 1 is 1.12 bits per heavy atom. The quantitative estimate of drug-likeness (QED) is 0.433. The number of esters is 1. The first-order valence-corrected chi connectivity index (χ1v) is 9.33. The first kappa shape index (κ1) is 19.4. The third kappa shape index (κ3) is 5.85. The third-order valence-corrected chi connectivity index (χ3v) is 5.05. The maximum atomic E-state index is 11.5. The number of carbonyl (C=O) groups excluding carboxylic acids is 1. The molecular formula is C18H20ClNO4S. The highest BCUT2D eigenvalue weighted by atomic mass is 35.5. The standard InChI is InChI=1S/C18H20ClNO4S/c1-24-18(21)16-9-7-14(8-10-16)13-20(25(22)23)12-11-17(19)15-5-3-2-4-6-15/h2-10,17,25H,11-13H2,1H3. The van der Waals surface area contributed by atoms with Crippen LogP contribution in [0.2, 0.25) is 0 Å². The lowest BCUT2D eigenvalue weighted by Crippen LogP contribution is -2.23. The zero-order valence-corrected chi connectivity index (χ0v) is 15.5. The number of rotatable bonds is 8. The van der Waals surface area contributed by atoms with E-state index in [1.807, 2.05) is 30.3 Å². The van der Waals surface area contributed by atoms with Crippen molar-refractivity contribution in [3.8, 4) is 0 Å². The summed E-state index contributed by atoms with van der Waals surface area (Å²) in [5.41, 5.74) is 2.18. The second-order valence-corrected chi connectivity index (χ2v) is 7.05. The molecular weight excluding hydrogens is 362 g/mol. The van der Waals surface area contributed by atoms with Gasteiger partial charge in [0.15, 0.2) is 0 Å². The van der Waals surface area contributed by atoms with E-state index >= 15 is 0 Å². The van der Waals surface area contributed by atoms with Crippen molar-refractivity contribution in [2.75, 3.05) is 13.7 Å². The molecule has 1 atom stereocenters. The summed E-state index contributed by atoms with van der Waals surface area (Å²) in [5.74, 6) is -0.425. The average Bonchev–Trinajstić information content (AvgIpc) is 2.65. The number of thiol groups is 1. The molecule has 0 saturated carbocycles. The Hall–Kier alpha value is -1.89. The molecule has 134 valence electrons. The van der Waals surface area contributed by atoms with Gasteiger partial charge in [-0.25, -0.2) is 13.2 Å². The number of benzene rings is 2. The molecule has 0 aromatic heterocycles. The normalized spacial score (nSPS) is 12.3. The zero-order valence-electron chi connectivity index (χ0n) is 13.8. The van der Waals surface area contributed by atoms with Gasteiger partial charge in [0.25, 0.3) is 0 Å². The Kier molecular flexibility index (Phi) is 7.43. The van der Waals surface area contributed by atoms with Gasteiger partial charge in [0.05, 0.1) is 18.1 Å². The van der Waals surface area contributed by atoms with Crippen LogP contribution in [-0.4, -0.2) is 32.3 Å². The summed E-state index contributed by atoms with van der Waals surface area (Å²) in [6.45, 7) is 0.555. The maximum absolute atomic E-state index is 11.5.